The van der Waals surface area contributed by atoms with Gasteiger partial charge in [0.15, 0.2) is 5.82 Å². The van der Waals surface area contributed by atoms with Crippen molar-refractivity contribution in [2.75, 3.05) is 70.1 Å². The first-order chi connectivity index (χ1) is 21.0. The van der Waals surface area contributed by atoms with Crippen molar-refractivity contribution < 1.29 is 27.4 Å². The number of aromatic nitrogens is 4. The van der Waals surface area contributed by atoms with Crippen molar-refractivity contribution in [3.05, 3.63) is 61.3 Å². The van der Waals surface area contributed by atoms with Crippen LogP contribution in [0.2, 0.25) is 0 Å². The Morgan fingerprint density at radius 1 is 1.07 bits per heavy atom. The zero-order valence-corrected chi connectivity index (χ0v) is 25.0. The Morgan fingerprint density at radius 2 is 1.84 bits per heavy atom. The molecule has 2 N–H and O–H groups in total. The minimum Gasteiger partial charge on any atom is -0.489 e. The van der Waals surface area contributed by atoms with Crippen molar-refractivity contribution in [2.24, 2.45) is 0 Å². The summed E-state index contributed by atoms with van der Waals surface area (Å²) >= 11 is 0. The van der Waals surface area contributed by atoms with Gasteiger partial charge in [-0.2, -0.15) is 13.2 Å². The molecular weight excluding hydrogens is 577 g/mol. The number of nitrogens with zero attached hydrogens (tertiary/aromatic N) is 6. The highest BCUT2D eigenvalue weighted by Gasteiger charge is 2.31. The number of alkyl halides is 3. The predicted octanol–water partition coefficient (Wildman–Crippen LogP) is 4.95. The van der Waals surface area contributed by atoms with Crippen molar-refractivity contribution >= 4 is 40.0 Å². The van der Waals surface area contributed by atoms with Crippen molar-refractivity contribution in [1.29, 1.82) is 0 Å². The molecule has 0 saturated heterocycles. The summed E-state index contributed by atoms with van der Waals surface area (Å²) in [6.45, 7) is 4.27. The Bertz CT molecular complexity index is 1610. The van der Waals surface area contributed by atoms with Gasteiger partial charge in [-0.25, -0.2) is 15.0 Å². The zero-order chi connectivity index (χ0) is 31.9. The van der Waals surface area contributed by atoms with Gasteiger partial charge in [0.1, 0.15) is 24.6 Å². The number of anilines is 4. The van der Waals surface area contributed by atoms with Gasteiger partial charge in [-0.05, 0) is 44.4 Å². The van der Waals surface area contributed by atoms with Crippen LogP contribution in [0, 0.1) is 0 Å². The van der Waals surface area contributed by atoms with E-state index in [0.717, 1.165) is 11.1 Å². The molecule has 4 aromatic rings. The number of likely N-dealkylation sites (N-methyl/N-ethyl adjacent to an activating group) is 2. The number of rotatable bonds is 14. The van der Waals surface area contributed by atoms with Gasteiger partial charge in [0.2, 0.25) is 11.9 Å². The van der Waals surface area contributed by atoms with Gasteiger partial charge in [-0.1, -0.05) is 18.7 Å². The first kappa shape index (κ1) is 32.2. The zero-order valence-electron chi connectivity index (χ0n) is 25.0. The molecule has 44 heavy (non-hydrogen) atoms. The number of hydrogen-bond acceptors (Lipinski definition) is 9. The number of carbonyl (C=O) groups excluding carboxylic acids is 1. The highest BCUT2D eigenvalue weighted by Crippen LogP contribution is 2.38. The number of carbonyl (C=O) groups is 1. The molecule has 2 aromatic carbocycles. The average molecular weight is 613 g/mol. The third-order valence-corrected chi connectivity index (χ3v) is 6.50. The second-order valence-electron chi connectivity index (χ2n) is 10.1. The molecule has 11 nitrogen and oxygen atoms in total. The quantitative estimate of drug-likeness (QED) is 0.151. The molecular formula is C30H35F3N8O3. The summed E-state index contributed by atoms with van der Waals surface area (Å²) in [4.78, 5) is 29.6. The molecule has 0 aliphatic carbocycles. The Labute approximate surface area is 253 Å². The van der Waals surface area contributed by atoms with Crippen LogP contribution in [0.5, 0.6) is 5.75 Å². The van der Waals surface area contributed by atoms with Crippen LogP contribution in [0.3, 0.4) is 0 Å². The molecule has 0 fully saturated rings. The van der Waals surface area contributed by atoms with E-state index in [1.807, 2.05) is 30.9 Å². The monoisotopic (exact) mass is 612 g/mol. The minimum atomic E-state index is -4.48. The standard InChI is InChI=1S/C30H35F3N8O3/c1-6-27(42)35-22-17-23(26(44-16-15-43-5)18-25(22)40(4)14-13-39(2)3)38-29-34-12-11-21(37-29)28-36-20-9-7-8-10-24(20)41(28)19-30(31,32)33/h6-12,17-18H,1,13-16,19H2,2-5H3,(H,35,42)(H,34,37,38). The number of hydrogen-bond donors (Lipinski definition) is 2. The smallest absolute Gasteiger partial charge is 0.406 e. The van der Waals surface area contributed by atoms with Gasteiger partial charge >= 0.3 is 6.18 Å². The van der Waals surface area contributed by atoms with Crippen molar-refractivity contribution in [2.45, 2.75) is 12.7 Å². The summed E-state index contributed by atoms with van der Waals surface area (Å²) in [7, 11) is 7.38. The molecule has 1 amide bonds. The number of fused-ring (bicyclic) bond motifs is 1. The van der Waals surface area contributed by atoms with Crippen molar-refractivity contribution in [3.8, 4) is 17.3 Å². The molecule has 0 aliphatic rings. The summed E-state index contributed by atoms with van der Waals surface area (Å²) in [5.41, 5.74) is 2.50. The minimum absolute atomic E-state index is 0.0438. The maximum Gasteiger partial charge on any atom is 0.406 e. The molecule has 0 saturated carbocycles. The summed E-state index contributed by atoms with van der Waals surface area (Å²) < 4.78 is 52.9. The summed E-state index contributed by atoms with van der Waals surface area (Å²) in [6, 6.07) is 11.5. The first-order valence-electron chi connectivity index (χ1n) is 13.7. The number of para-hydroxylation sites is 2. The Hall–Kier alpha value is -4.69. The normalized spacial score (nSPS) is 11.5. The molecule has 4 rings (SSSR count). The van der Waals surface area contributed by atoms with E-state index >= 15 is 0 Å². The first-order valence-corrected chi connectivity index (χ1v) is 13.7. The van der Waals surface area contributed by atoms with Crippen LogP contribution in [-0.2, 0) is 16.1 Å². The molecule has 234 valence electrons. The van der Waals surface area contributed by atoms with Crippen molar-refractivity contribution in [3.63, 3.8) is 0 Å². The van der Waals surface area contributed by atoms with Crippen LogP contribution in [-0.4, -0.2) is 91.1 Å². The number of imidazole rings is 1. The lowest BCUT2D eigenvalue weighted by Crippen LogP contribution is -2.29. The Balaban J connectivity index is 1.76. The van der Waals surface area contributed by atoms with Crippen LogP contribution in [0.4, 0.5) is 36.2 Å². The van der Waals surface area contributed by atoms with Crippen molar-refractivity contribution in [1.82, 2.24) is 24.4 Å². The number of methoxy groups -OCH3 is 1. The average Bonchev–Trinajstić information content (AvgIpc) is 3.34. The van der Waals surface area contributed by atoms with Crippen LogP contribution in [0.1, 0.15) is 0 Å². The molecule has 0 radical (unpaired) electrons. The van der Waals surface area contributed by atoms with Crippen LogP contribution in [0.25, 0.3) is 22.6 Å². The van der Waals surface area contributed by atoms with Gasteiger partial charge in [0, 0.05) is 39.5 Å². The summed E-state index contributed by atoms with van der Waals surface area (Å²) in [5, 5.41) is 5.95. The summed E-state index contributed by atoms with van der Waals surface area (Å²) in [5.74, 6) is 0.138. The third kappa shape index (κ3) is 8.23. The number of ether oxygens (including phenoxy) is 2. The number of nitrogens with one attached hydrogen (secondary N) is 2. The number of halogens is 3. The highest BCUT2D eigenvalue weighted by molar-refractivity contribution is 6.02. The predicted molar refractivity (Wildman–Crippen MR) is 165 cm³/mol. The topological polar surface area (TPSA) is 110 Å². The van der Waals surface area contributed by atoms with E-state index < -0.39 is 18.6 Å². The molecule has 0 spiro atoms. The Morgan fingerprint density at radius 3 is 2.55 bits per heavy atom. The van der Waals surface area contributed by atoms with Gasteiger partial charge in [-0.3, -0.25) is 4.79 Å². The van der Waals surface area contributed by atoms with E-state index in [0.29, 0.717) is 47.0 Å². The molecule has 0 bridgehead atoms. The SMILES string of the molecule is C=CC(=O)Nc1cc(Nc2nccc(-c3nc4ccccc4n3CC(F)(F)F)n2)c(OCCOC)cc1N(C)CCN(C)C. The second kappa shape index (κ2) is 14.2. The lowest BCUT2D eigenvalue weighted by molar-refractivity contribution is -0.139. The van der Waals surface area contributed by atoms with Crippen LogP contribution in [0.15, 0.2) is 61.3 Å². The fraction of sp³-hybridized carbons (Fsp3) is 0.333. The lowest BCUT2D eigenvalue weighted by atomic mass is 10.2. The fourth-order valence-corrected chi connectivity index (χ4v) is 4.37. The van der Waals surface area contributed by atoms with Gasteiger partial charge in [-0.15, -0.1) is 0 Å². The highest BCUT2D eigenvalue weighted by atomic mass is 19.4. The maximum atomic E-state index is 13.6. The van der Waals surface area contributed by atoms with E-state index in [4.69, 9.17) is 9.47 Å². The van der Waals surface area contributed by atoms with Gasteiger partial charge in [0.05, 0.1) is 34.7 Å². The maximum absolute atomic E-state index is 13.6. The molecule has 0 atom stereocenters. The van der Waals surface area contributed by atoms with Gasteiger partial charge in [0.25, 0.3) is 0 Å². The number of benzene rings is 2. The lowest BCUT2D eigenvalue weighted by Gasteiger charge is -2.26. The third-order valence-electron chi connectivity index (χ3n) is 6.50. The molecule has 0 unspecified atom stereocenters. The number of amides is 1. The largest absolute Gasteiger partial charge is 0.489 e. The van der Waals surface area contributed by atoms with Crippen LogP contribution < -0.4 is 20.3 Å². The molecule has 14 heteroatoms. The second-order valence-corrected chi connectivity index (χ2v) is 10.1. The van der Waals surface area contributed by atoms with E-state index in [-0.39, 0.29) is 24.1 Å². The van der Waals surface area contributed by atoms with E-state index in [9.17, 15) is 18.0 Å². The van der Waals surface area contributed by atoms with E-state index in [1.54, 1.807) is 43.5 Å². The molecule has 2 aromatic heterocycles. The van der Waals surface area contributed by atoms with Crippen LogP contribution >= 0.6 is 0 Å². The van der Waals surface area contributed by atoms with E-state index in [1.165, 1.54) is 18.3 Å². The molecule has 2 heterocycles. The summed E-state index contributed by atoms with van der Waals surface area (Å²) in [6.07, 6.45) is -1.88. The Kier molecular flexibility index (Phi) is 10.4. The van der Waals surface area contributed by atoms with Gasteiger partial charge < -0.3 is 34.5 Å². The van der Waals surface area contributed by atoms with E-state index in [2.05, 4.69) is 32.2 Å². The fourth-order valence-electron chi connectivity index (χ4n) is 4.37. The molecule has 0 aliphatic heterocycles.